The van der Waals surface area contributed by atoms with Crippen molar-refractivity contribution in [2.75, 3.05) is 5.32 Å². The fraction of sp³-hybridized carbons (Fsp3) is 0.167. The second-order valence-electron chi connectivity index (χ2n) is 3.94. The summed E-state index contributed by atoms with van der Waals surface area (Å²) in [5, 5.41) is 13.4. The van der Waals surface area contributed by atoms with Gasteiger partial charge in [-0.3, -0.25) is 19.9 Å². The molecule has 0 aliphatic rings. The van der Waals surface area contributed by atoms with Crippen molar-refractivity contribution in [3.05, 3.63) is 51.0 Å². The molecule has 0 unspecified atom stereocenters. The summed E-state index contributed by atoms with van der Waals surface area (Å²) < 4.78 is 2.17. The van der Waals surface area contributed by atoms with E-state index in [1.165, 1.54) is 16.8 Å². The Kier molecular flexibility index (Phi) is 4.14. The topological polar surface area (TPSA) is 90.1 Å². The number of pyridine rings is 1. The van der Waals surface area contributed by atoms with Gasteiger partial charge in [-0.25, -0.2) is 0 Å². The number of carbonyl (C=O) groups excluding carboxylic acids is 1. The number of carbonyl (C=O) groups is 1. The normalized spacial score (nSPS) is 10.3. The highest BCUT2D eigenvalue weighted by molar-refractivity contribution is 9.10. The molecule has 0 saturated heterocycles. The summed E-state index contributed by atoms with van der Waals surface area (Å²) in [5.41, 5.74) is 0.685. The number of anilines is 1. The molecule has 0 bridgehead atoms. The molecule has 7 nitrogen and oxygen atoms in total. The first-order chi connectivity index (χ1) is 9.52. The Hall–Kier alpha value is -2.22. The smallest absolute Gasteiger partial charge is 0.287 e. The standard InChI is InChI=1S/C12H11BrN4O3/c1-2-16-7-8(17(19)20)5-11(16)12(18)15-10-3-4-14-6-9(10)13/h3-7H,2H2,1H3,(H,14,15,18). The van der Waals surface area contributed by atoms with Crippen molar-refractivity contribution in [2.24, 2.45) is 0 Å². The van der Waals surface area contributed by atoms with Gasteiger partial charge in [0.05, 0.1) is 21.3 Å². The SMILES string of the molecule is CCn1cc([N+](=O)[O-])cc1C(=O)Nc1ccncc1Br. The van der Waals surface area contributed by atoms with E-state index in [1.807, 2.05) is 6.92 Å². The molecule has 0 fully saturated rings. The number of hydrogen-bond acceptors (Lipinski definition) is 4. The van der Waals surface area contributed by atoms with Crippen LogP contribution in [0.2, 0.25) is 0 Å². The van der Waals surface area contributed by atoms with E-state index in [1.54, 1.807) is 18.5 Å². The van der Waals surface area contributed by atoms with Crippen molar-refractivity contribution < 1.29 is 9.72 Å². The van der Waals surface area contributed by atoms with Gasteiger partial charge in [0.2, 0.25) is 0 Å². The van der Waals surface area contributed by atoms with Gasteiger partial charge in [0.15, 0.2) is 0 Å². The molecule has 0 aromatic carbocycles. The molecule has 0 aliphatic heterocycles. The molecule has 2 aromatic heterocycles. The third kappa shape index (κ3) is 2.85. The lowest BCUT2D eigenvalue weighted by atomic mass is 10.3. The Morgan fingerprint density at radius 3 is 2.95 bits per heavy atom. The maximum absolute atomic E-state index is 12.2. The average molecular weight is 339 g/mol. The maximum Gasteiger partial charge on any atom is 0.287 e. The lowest BCUT2D eigenvalue weighted by Crippen LogP contribution is -2.16. The van der Waals surface area contributed by atoms with Crippen LogP contribution in [0.25, 0.3) is 0 Å². The zero-order valence-electron chi connectivity index (χ0n) is 10.5. The number of halogens is 1. The number of hydrogen-bond donors (Lipinski definition) is 1. The maximum atomic E-state index is 12.2. The second kappa shape index (κ2) is 5.83. The highest BCUT2D eigenvalue weighted by Crippen LogP contribution is 2.22. The van der Waals surface area contributed by atoms with E-state index >= 15 is 0 Å². The quantitative estimate of drug-likeness (QED) is 0.685. The van der Waals surface area contributed by atoms with Crippen molar-refractivity contribution in [3.63, 3.8) is 0 Å². The summed E-state index contributed by atoms with van der Waals surface area (Å²) in [6.07, 6.45) is 4.44. The van der Waals surface area contributed by atoms with E-state index in [0.29, 0.717) is 16.7 Å². The van der Waals surface area contributed by atoms with Gasteiger partial charge < -0.3 is 9.88 Å². The van der Waals surface area contributed by atoms with Crippen LogP contribution in [0.3, 0.4) is 0 Å². The molecular formula is C12H11BrN4O3. The van der Waals surface area contributed by atoms with E-state index in [4.69, 9.17) is 0 Å². The van der Waals surface area contributed by atoms with Crippen molar-refractivity contribution in [1.82, 2.24) is 9.55 Å². The molecule has 8 heteroatoms. The molecule has 2 aromatic rings. The van der Waals surface area contributed by atoms with E-state index in [0.717, 1.165) is 0 Å². The summed E-state index contributed by atoms with van der Waals surface area (Å²) >= 11 is 3.27. The van der Waals surface area contributed by atoms with Crippen LogP contribution < -0.4 is 5.32 Å². The highest BCUT2D eigenvalue weighted by Gasteiger charge is 2.19. The van der Waals surface area contributed by atoms with Crippen molar-refractivity contribution in [2.45, 2.75) is 13.5 Å². The molecule has 20 heavy (non-hydrogen) atoms. The summed E-state index contributed by atoms with van der Waals surface area (Å²) in [5.74, 6) is -0.410. The van der Waals surface area contributed by atoms with E-state index in [9.17, 15) is 14.9 Å². The van der Waals surface area contributed by atoms with Gasteiger partial charge in [0, 0.05) is 25.0 Å². The monoisotopic (exact) mass is 338 g/mol. The van der Waals surface area contributed by atoms with Crippen LogP contribution in [-0.2, 0) is 6.54 Å². The lowest BCUT2D eigenvalue weighted by molar-refractivity contribution is -0.384. The first kappa shape index (κ1) is 14.2. The van der Waals surface area contributed by atoms with E-state index in [2.05, 4.69) is 26.2 Å². The highest BCUT2D eigenvalue weighted by atomic mass is 79.9. The Bertz CT molecular complexity index is 668. The molecule has 0 aliphatic carbocycles. The van der Waals surface area contributed by atoms with Crippen LogP contribution in [0.15, 0.2) is 35.2 Å². The summed E-state index contributed by atoms with van der Waals surface area (Å²) in [6.45, 7) is 2.27. The third-order valence-electron chi connectivity index (χ3n) is 2.69. The van der Waals surface area contributed by atoms with Gasteiger partial charge in [-0.15, -0.1) is 0 Å². The first-order valence-electron chi connectivity index (χ1n) is 5.78. The minimum absolute atomic E-state index is 0.106. The minimum atomic E-state index is -0.523. The first-order valence-corrected chi connectivity index (χ1v) is 6.57. The van der Waals surface area contributed by atoms with Gasteiger partial charge in [-0.05, 0) is 28.9 Å². The molecule has 1 N–H and O–H groups in total. The second-order valence-corrected chi connectivity index (χ2v) is 4.79. The molecule has 0 atom stereocenters. The molecule has 1 amide bonds. The largest absolute Gasteiger partial charge is 0.337 e. The van der Waals surface area contributed by atoms with Gasteiger partial charge in [-0.1, -0.05) is 0 Å². The number of nitro groups is 1. The van der Waals surface area contributed by atoms with Gasteiger partial charge in [0.1, 0.15) is 5.69 Å². The van der Waals surface area contributed by atoms with Crippen LogP contribution in [0.5, 0.6) is 0 Å². The molecule has 104 valence electrons. The Balaban J connectivity index is 2.29. The predicted octanol–water partition coefficient (Wildman–Crippen LogP) is 2.83. The van der Waals surface area contributed by atoms with Crippen molar-refractivity contribution in [1.29, 1.82) is 0 Å². The van der Waals surface area contributed by atoms with Crippen LogP contribution >= 0.6 is 15.9 Å². The molecular weight excluding hydrogens is 328 g/mol. The van der Waals surface area contributed by atoms with Gasteiger partial charge in [0.25, 0.3) is 11.6 Å². The number of amides is 1. The number of aromatic nitrogens is 2. The van der Waals surface area contributed by atoms with E-state index in [-0.39, 0.29) is 11.4 Å². The fourth-order valence-electron chi connectivity index (χ4n) is 1.71. The molecule has 0 radical (unpaired) electrons. The Morgan fingerprint density at radius 1 is 1.60 bits per heavy atom. The zero-order chi connectivity index (χ0) is 14.7. The van der Waals surface area contributed by atoms with Gasteiger partial charge in [-0.2, -0.15) is 0 Å². The molecule has 2 heterocycles. The van der Waals surface area contributed by atoms with Crippen LogP contribution in [0.1, 0.15) is 17.4 Å². The zero-order valence-corrected chi connectivity index (χ0v) is 12.1. The molecule has 0 spiro atoms. The number of aryl methyl sites for hydroxylation is 1. The predicted molar refractivity (Wildman–Crippen MR) is 76.7 cm³/mol. The van der Waals surface area contributed by atoms with Crippen LogP contribution in [0, 0.1) is 10.1 Å². The Morgan fingerprint density at radius 2 is 2.35 bits per heavy atom. The number of nitrogens with zero attached hydrogens (tertiary/aromatic N) is 3. The lowest BCUT2D eigenvalue weighted by Gasteiger charge is -2.08. The van der Waals surface area contributed by atoms with Crippen molar-refractivity contribution >= 4 is 33.2 Å². The van der Waals surface area contributed by atoms with Crippen LogP contribution in [0.4, 0.5) is 11.4 Å². The molecule has 0 saturated carbocycles. The summed E-state index contributed by atoms with van der Waals surface area (Å²) in [4.78, 5) is 26.3. The Labute approximate surface area is 122 Å². The summed E-state index contributed by atoms with van der Waals surface area (Å²) in [7, 11) is 0. The molecule has 2 rings (SSSR count). The summed E-state index contributed by atoms with van der Waals surface area (Å²) in [6, 6.07) is 2.89. The minimum Gasteiger partial charge on any atom is -0.337 e. The van der Waals surface area contributed by atoms with Crippen molar-refractivity contribution in [3.8, 4) is 0 Å². The number of rotatable bonds is 4. The van der Waals surface area contributed by atoms with Gasteiger partial charge >= 0.3 is 0 Å². The average Bonchev–Trinajstić information content (AvgIpc) is 2.85. The third-order valence-corrected chi connectivity index (χ3v) is 3.32. The number of nitrogens with one attached hydrogen (secondary N) is 1. The fourth-order valence-corrected chi connectivity index (χ4v) is 2.06. The van der Waals surface area contributed by atoms with E-state index < -0.39 is 10.8 Å². The van der Waals surface area contributed by atoms with Crippen LogP contribution in [-0.4, -0.2) is 20.4 Å².